The summed E-state index contributed by atoms with van der Waals surface area (Å²) in [6.45, 7) is 4.34. The molecule has 3 fully saturated rings. The third kappa shape index (κ3) is 1.60. The second-order valence-corrected chi connectivity index (χ2v) is 7.68. The predicted octanol–water partition coefficient (Wildman–Crippen LogP) is 2.80. The van der Waals surface area contributed by atoms with Gasteiger partial charge in [0.05, 0.1) is 16.0 Å². The van der Waals surface area contributed by atoms with Crippen LogP contribution in [0.25, 0.3) is 0 Å². The van der Waals surface area contributed by atoms with E-state index in [4.69, 9.17) is 0 Å². The van der Waals surface area contributed by atoms with Gasteiger partial charge in [-0.1, -0.05) is 32.0 Å². The van der Waals surface area contributed by atoms with E-state index in [2.05, 4.69) is 13.8 Å². The van der Waals surface area contributed by atoms with Crippen LogP contribution < -0.4 is 0 Å². The van der Waals surface area contributed by atoms with Crippen LogP contribution in [0.15, 0.2) is 35.2 Å². The number of fused-ring (bicyclic) bond motifs is 2. The van der Waals surface area contributed by atoms with Gasteiger partial charge in [-0.15, -0.1) is 0 Å². The van der Waals surface area contributed by atoms with Crippen LogP contribution in [0.3, 0.4) is 0 Å². The Labute approximate surface area is 110 Å². The minimum atomic E-state index is -1.17. The van der Waals surface area contributed by atoms with Gasteiger partial charge >= 0.3 is 0 Å². The highest BCUT2D eigenvalue weighted by Crippen LogP contribution is 2.58. The van der Waals surface area contributed by atoms with Gasteiger partial charge in [0.2, 0.25) is 0 Å². The molecular weight excluding hydrogens is 244 g/mol. The molecule has 2 bridgehead atoms. The number of carbonyl (C=O) groups excluding carboxylic acids is 1. The first-order valence-electron chi connectivity index (χ1n) is 6.51. The first kappa shape index (κ1) is 12.1. The van der Waals surface area contributed by atoms with Gasteiger partial charge in [0, 0.05) is 10.8 Å². The zero-order chi connectivity index (χ0) is 12.9. The van der Waals surface area contributed by atoms with E-state index in [0.29, 0.717) is 5.92 Å². The van der Waals surface area contributed by atoms with Crippen molar-refractivity contribution in [3.63, 3.8) is 0 Å². The van der Waals surface area contributed by atoms with Gasteiger partial charge in [0.25, 0.3) is 0 Å². The Balaban J connectivity index is 1.84. The fourth-order valence-corrected chi connectivity index (χ4v) is 4.95. The Morgan fingerprint density at radius 1 is 1.17 bits per heavy atom. The minimum Gasteiger partial charge on any atom is -0.298 e. The van der Waals surface area contributed by atoms with E-state index < -0.39 is 10.8 Å². The number of hydrogen-bond acceptors (Lipinski definition) is 2. The van der Waals surface area contributed by atoms with Crippen LogP contribution in [0.1, 0.15) is 26.7 Å². The second kappa shape index (κ2) is 4.02. The molecule has 0 heterocycles. The van der Waals surface area contributed by atoms with Crippen molar-refractivity contribution in [1.29, 1.82) is 0 Å². The normalized spacial score (nSPS) is 34.8. The molecule has 4 atom stereocenters. The van der Waals surface area contributed by atoms with E-state index in [1.165, 1.54) is 0 Å². The van der Waals surface area contributed by atoms with Crippen molar-refractivity contribution in [1.82, 2.24) is 0 Å². The van der Waals surface area contributed by atoms with Crippen molar-refractivity contribution in [2.45, 2.75) is 36.8 Å². The summed E-state index contributed by atoms with van der Waals surface area (Å²) in [5.74, 6) is 0.927. The molecule has 0 amide bonds. The Bertz CT molecular complexity index is 506. The Kier molecular flexibility index (Phi) is 2.70. The largest absolute Gasteiger partial charge is 0.298 e. The Morgan fingerprint density at radius 2 is 1.83 bits per heavy atom. The number of rotatable bonds is 2. The lowest BCUT2D eigenvalue weighted by Crippen LogP contribution is -2.58. The molecule has 0 aliphatic heterocycles. The number of carbonyl (C=O) groups is 1. The summed E-state index contributed by atoms with van der Waals surface area (Å²) in [4.78, 5) is 13.2. The summed E-state index contributed by atoms with van der Waals surface area (Å²) in [6.07, 6.45) is 1.80. The third-order valence-corrected chi connectivity index (χ3v) is 6.54. The molecule has 2 nitrogen and oxygen atoms in total. The lowest BCUT2D eigenvalue weighted by Gasteiger charge is -2.57. The molecule has 1 aromatic rings. The number of Topliss-reactive ketones (excluding diaryl/α,β-unsaturated/α-hetero) is 1. The molecule has 1 aromatic carbocycles. The quantitative estimate of drug-likeness (QED) is 0.821. The highest BCUT2D eigenvalue weighted by Gasteiger charge is 2.58. The van der Waals surface area contributed by atoms with E-state index >= 15 is 0 Å². The monoisotopic (exact) mass is 262 g/mol. The number of ketones is 1. The summed E-state index contributed by atoms with van der Waals surface area (Å²) in [6, 6.07) is 9.38. The summed E-state index contributed by atoms with van der Waals surface area (Å²) in [5, 5.41) is -0.274. The Morgan fingerprint density at radius 3 is 2.39 bits per heavy atom. The van der Waals surface area contributed by atoms with Crippen molar-refractivity contribution in [2.24, 2.45) is 17.3 Å². The van der Waals surface area contributed by atoms with Gasteiger partial charge in [-0.25, -0.2) is 0 Å². The maximum Gasteiger partial charge on any atom is 0.152 e. The maximum atomic E-state index is 12.5. The first-order chi connectivity index (χ1) is 8.51. The van der Waals surface area contributed by atoms with Crippen LogP contribution >= 0.6 is 0 Å². The van der Waals surface area contributed by atoms with Crippen LogP contribution in [-0.2, 0) is 15.6 Å². The van der Waals surface area contributed by atoms with E-state index in [9.17, 15) is 9.00 Å². The zero-order valence-electron chi connectivity index (χ0n) is 10.8. The number of benzene rings is 1. The smallest absolute Gasteiger partial charge is 0.152 e. The van der Waals surface area contributed by atoms with Gasteiger partial charge in [-0.2, -0.15) is 0 Å². The predicted molar refractivity (Wildman–Crippen MR) is 71.6 cm³/mol. The van der Waals surface area contributed by atoms with Gasteiger partial charge < -0.3 is 0 Å². The number of hydrogen-bond donors (Lipinski definition) is 0. The minimum absolute atomic E-state index is 0.133. The van der Waals surface area contributed by atoms with Gasteiger partial charge in [0.1, 0.15) is 0 Å². The van der Waals surface area contributed by atoms with Crippen LogP contribution in [-0.4, -0.2) is 15.2 Å². The van der Waals surface area contributed by atoms with Crippen molar-refractivity contribution in [2.75, 3.05) is 0 Å². The molecule has 3 saturated carbocycles. The fourth-order valence-electron chi connectivity index (χ4n) is 3.41. The molecule has 96 valence electrons. The summed E-state index contributed by atoms with van der Waals surface area (Å²) in [5.41, 5.74) is 0.133. The van der Waals surface area contributed by atoms with Crippen LogP contribution in [0.4, 0.5) is 0 Å². The van der Waals surface area contributed by atoms with Gasteiger partial charge in [-0.05, 0) is 36.3 Å². The third-order valence-electron chi connectivity index (χ3n) is 4.86. The molecule has 0 unspecified atom stereocenters. The molecular formula is C15H18O2S. The molecule has 3 heteroatoms. The lowest BCUT2D eigenvalue weighted by atomic mass is 9.48. The molecule has 4 rings (SSSR count). The molecule has 0 spiro atoms. The van der Waals surface area contributed by atoms with E-state index in [1.54, 1.807) is 0 Å². The SMILES string of the molecule is CC1(C)[C@H]2C[C@H]([S@@](=O)c3ccccc3)C(=O)[C@@H]1C2. The molecule has 3 aliphatic rings. The molecule has 0 N–H and O–H groups in total. The fraction of sp³-hybridized carbons (Fsp3) is 0.533. The topological polar surface area (TPSA) is 34.1 Å². The summed E-state index contributed by atoms with van der Waals surface area (Å²) < 4.78 is 12.5. The van der Waals surface area contributed by atoms with Crippen molar-refractivity contribution in [3.05, 3.63) is 30.3 Å². The molecule has 18 heavy (non-hydrogen) atoms. The zero-order valence-corrected chi connectivity index (χ0v) is 11.6. The van der Waals surface area contributed by atoms with E-state index in [0.717, 1.165) is 17.7 Å². The Hall–Kier alpha value is -0.960. The maximum absolute atomic E-state index is 12.5. The van der Waals surface area contributed by atoms with Gasteiger partial charge in [-0.3, -0.25) is 9.00 Å². The van der Waals surface area contributed by atoms with Crippen LogP contribution in [0.5, 0.6) is 0 Å². The average Bonchev–Trinajstić information content (AvgIpc) is 2.38. The van der Waals surface area contributed by atoms with Crippen molar-refractivity contribution >= 4 is 16.6 Å². The molecule has 3 aliphatic carbocycles. The van der Waals surface area contributed by atoms with Crippen molar-refractivity contribution in [3.8, 4) is 0 Å². The summed E-state index contributed by atoms with van der Waals surface area (Å²) in [7, 11) is -1.17. The van der Waals surface area contributed by atoms with E-state index in [1.807, 2.05) is 30.3 Å². The van der Waals surface area contributed by atoms with E-state index in [-0.39, 0.29) is 22.4 Å². The van der Waals surface area contributed by atoms with Gasteiger partial charge in [0.15, 0.2) is 5.78 Å². The molecule has 0 aromatic heterocycles. The standard InChI is InChI=1S/C15H18O2S/c1-15(2)10-8-12(15)14(16)13(9-10)18(17)11-6-4-3-5-7-11/h3-7,10,12-13H,8-9H2,1-2H3/t10-,12+,13+,18+/m1/s1. The van der Waals surface area contributed by atoms with Crippen molar-refractivity contribution < 1.29 is 9.00 Å². The van der Waals surface area contributed by atoms with Crippen LogP contribution in [0, 0.1) is 17.3 Å². The molecule has 0 saturated heterocycles. The highest BCUT2D eigenvalue weighted by atomic mass is 32.2. The average molecular weight is 262 g/mol. The molecule has 0 radical (unpaired) electrons. The second-order valence-electron chi connectivity index (χ2n) is 6.04. The highest BCUT2D eigenvalue weighted by molar-refractivity contribution is 7.86. The first-order valence-corrected chi connectivity index (χ1v) is 7.72. The van der Waals surface area contributed by atoms with Crippen LogP contribution in [0.2, 0.25) is 0 Å². The lowest BCUT2D eigenvalue weighted by molar-refractivity contribution is -0.147. The summed E-state index contributed by atoms with van der Waals surface area (Å²) >= 11 is 0.